The van der Waals surface area contributed by atoms with Crippen LogP contribution in [0.3, 0.4) is 0 Å². The van der Waals surface area contributed by atoms with Crippen molar-refractivity contribution in [1.82, 2.24) is 29.4 Å². The molecule has 3 aromatic rings. The molecule has 1 saturated heterocycles. The van der Waals surface area contributed by atoms with Gasteiger partial charge in [0, 0.05) is 44.8 Å². The maximum Gasteiger partial charge on any atom is 0.247 e. The Kier molecular flexibility index (Phi) is 5.92. The summed E-state index contributed by atoms with van der Waals surface area (Å²) in [6, 6.07) is 7.73. The Bertz CT molecular complexity index is 1050. The molecule has 0 unspecified atom stereocenters. The number of nitrogens with zero attached hydrogens (tertiary/aromatic N) is 6. The molecule has 2 aromatic heterocycles. The molecule has 1 aromatic carbocycles. The monoisotopic (exact) mass is 408 g/mol. The van der Waals surface area contributed by atoms with Gasteiger partial charge in [0.15, 0.2) is 0 Å². The lowest BCUT2D eigenvalue weighted by molar-refractivity contribution is -0.132. The number of carbonyl (C=O) groups is 2. The Morgan fingerprint density at radius 3 is 2.57 bits per heavy atom. The van der Waals surface area contributed by atoms with Crippen LogP contribution in [-0.4, -0.2) is 54.3 Å². The quantitative estimate of drug-likeness (QED) is 0.626. The van der Waals surface area contributed by atoms with Crippen LogP contribution in [0.15, 0.2) is 30.6 Å². The summed E-state index contributed by atoms with van der Waals surface area (Å²) in [6.45, 7) is 3.46. The maximum atomic E-state index is 12.6. The molecule has 0 spiro atoms. The molecule has 0 bridgehead atoms. The summed E-state index contributed by atoms with van der Waals surface area (Å²) in [6.07, 6.45) is 5.86. The van der Waals surface area contributed by atoms with Crippen molar-refractivity contribution in [3.8, 4) is 0 Å². The fourth-order valence-electron chi connectivity index (χ4n) is 4.20. The van der Waals surface area contributed by atoms with Crippen molar-refractivity contribution in [2.75, 3.05) is 13.1 Å². The summed E-state index contributed by atoms with van der Waals surface area (Å²) >= 11 is 0. The van der Waals surface area contributed by atoms with E-state index in [0.29, 0.717) is 25.2 Å². The smallest absolute Gasteiger partial charge is 0.247 e. The number of aryl methyl sites for hydroxylation is 2. The zero-order valence-electron chi connectivity index (χ0n) is 17.6. The number of carbonyl (C=O) groups excluding carboxylic acids is 2. The Balaban J connectivity index is 1.23. The van der Waals surface area contributed by atoms with Gasteiger partial charge >= 0.3 is 0 Å². The van der Waals surface area contributed by atoms with E-state index in [2.05, 4.69) is 15.3 Å². The largest absolute Gasteiger partial charge is 0.343 e. The van der Waals surface area contributed by atoms with E-state index in [9.17, 15) is 9.59 Å². The van der Waals surface area contributed by atoms with Crippen molar-refractivity contribution >= 4 is 22.7 Å². The zero-order chi connectivity index (χ0) is 21.1. The van der Waals surface area contributed by atoms with Crippen molar-refractivity contribution in [2.45, 2.75) is 45.4 Å². The van der Waals surface area contributed by atoms with Crippen molar-refractivity contribution < 1.29 is 9.59 Å². The number of para-hydroxylation sites is 1. The molecule has 0 saturated carbocycles. The van der Waals surface area contributed by atoms with Gasteiger partial charge in [-0.1, -0.05) is 18.2 Å². The molecule has 1 amide bonds. The normalized spacial score (nSPS) is 15.1. The van der Waals surface area contributed by atoms with Gasteiger partial charge in [0.05, 0.1) is 11.2 Å². The third-order valence-corrected chi connectivity index (χ3v) is 6.03. The predicted molar refractivity (Wildman–Crippen MR) is 113 cm³/mol. The molecule has 8 nitrogen and oxygen atoms in total. The second-order valence-electron chi connectivity index (χ2n) is 8.15. The Hall–Kier alpha value is -3.03. The van der Waals surface area contributed by atoms with E-state index in [1.165, 1.54) is 4.68 Å². The van der Waals surface area contributed by atoms with Crippen molar-refractivity contribution in [2.24, 2.45) is 13.0 Å². The second kappa shape index (κ2) is 8.77. The van der Waals surface area contributed by atoms with Crippen molar-refractivity contribution in [1.29, 1.82) is 0 Å². The highest BCUT2D eigenvalue weighted by molar-refractivity contribution is 5.92. The standard InChI is InChI=1S/C22H28N6O2/c1-16-18-6-3-4-7-19(18)28(25-16)22(30)9-5-8-21(29)27-12-10-17(11-13-27)14-20-24-23-15-26(20)2/h3-4,6-7,15,17H,5,8-14H2,1-2H3. The van der Waals surface area contributed by atoms with E-state index < -0.39 is 0 Å². The lowest BCUT2D eigenvalue weighted by atomic mass is 9.93. The third-order valence-electron chi connectivity index (χ3n) is 6.03. The average Bonchev–Trinajstić information content (AvgIpc) is 3.31. The van der Waals surface area contributed by atoms with Gasteiger partial charge in [0.25, 0.3) is 0 Å². The Morgan fingerprint density at radius 2 is 1.83 bits per heavy atom. The maximum absolute atomic E-state index is 12.6. The number of aromatic nitrogens is 5. The van der Waals surface area contributed by atoms with E-state index in [-0.39, 0.29) is 11.8 Å². The SMILES string of the molecule is Cc1nn(C(=O)CCCC(=O)N2CCC(Cc3nncn3C)CC2)c2ccccc12. The van der Waals surface area contributed by atoms with Crippen LogP contribution in [0.2, 0.25) is 0 Å². The van der Waals surface area contributed by atoms with Crippen molar-refractivity contribution in [3.05, 3.63) is 42.1 Å². The van der Waals surface area contributed by atoms with Crippen LogP contribution < -0.4 is 0 Å². The van der Waals surface area contributed by atoms with Crippen LogP contribution in [0, 0.1) is 12.8 Å². The van der Waals surface area contributed by atoms with Crippen LogP contribution in [0.4, 0.5) is 0 Å². The highest BCUT2D eigenvalue weighted by Crippen LogP contribution is 2.22. The first-order chi connectivity index (χ1) is 14.5. The minimum Gasteiger partial charge on any atom is -0.343 e. The number of hydrogen-bond donors (Lipinski definition) is 0. The molecular formula is C22H28N6O2. The first-order valence-corrected chi connectivity index (χ1v) is 10.6. The molecule has 0 atom stereocenters. The molecular weight excluding hydrogens is 380 g/mol. The minimum atomic E-state index is -0.0607. The van der Waals surface area contributed by atoms with E-state index in [1.807, 2.05) is 47.7 Å². The molecule has 8 heteroatoms. The summed E-state index contributed by atoms with van der Waals surface area (Å²) < 4.78 is 3.44. The van der Waals surface area contributed by atoms with Crippen LogP contribution in [0.1, 0.15) is 48.4 Å². The minimum absolute atomic E-state index is 0.0607. The number of amides is 1. The van der Waals surface area contributed by atoms with E-state index in [0.717, 1.165) is 54.8 Å². The van der Waals surface area contributed by atoms with Gasteiger partial charge in [-0.25, -0.2) is 0 Å². The highest BCUT2D eigenvalue weighted by Gasteiger charge is 2.24. The molecule has 30 heavy (non-hydrogen) atoms. The number of benzene rings is 1. The van der Waals surface area contributed by atoms with Gasteiger partial charge in [-0.15, -0.1) is 10.2 Å². The molecule has 1 fully saturated rings. The lowest BCUT2D eigenvalue weighted by Crippen LogP contribution is -2.39. The number of piperidine rings is 1. The van der Waals surface area contributed by atoms with Crippen LogP contribution in [-0.2, 0) is 18.3 Å². The number of hydrogen-bond acceptors (Lipinski definition) is 5. The number of likely N-dealkylation sites (tertiary alicyclic amines) is 1. The fraction of sp³-hybridized carbons (Fsp3) is 0.500. The summed E-state index contributed by atoms with van der Waals surface area (Å²) in [5.74, 6) is 1.62. The Morgan fingerprint density at radius 1 is 1.10 bits per heavy atom. The molecule has 1 aliphatic heterocycles. The predicted octanol–water partition coefficient (Wildman–Crippen LogP) is 2.77. The van der Waals surface area contributed by atoms with Crippen molar-refractivity contribution in [3.63, 3.8) is 0 Å². The number of fused-ring (bicyclic) bond motifs is 1. The molecule has 0 N–H and O–H groups in total. The van der Waals surface area contributed by atoms with Gasteiger partial charge in [-0.05, 0) is 38.2 Å². The van der Waals surface area contributed by atoms with Gasteiger partial charge in [0.1, 0.15) is 12.2 Å². The van der Waals surface area contributed by atoms with E-state index in [4.69, 9.17) is 0 Å². The molecule has 4 rings (SSSR count). The van der Waals surface area contributed by atoms with Crippen LogP contribution >= 0.6 is 0 Å². The third kappa shape index (κ3) is 4.27. The number of rotatable bonds is 6. The summed E-state index contributed by atoms with van der Waals surface area (Å²) in [4.78, 5) is 27.1. The van der Waals surface area contributed by atoms with Crippen LogP contribution in [0.5, 0.6) is 0 Å². The van der Waals surface area contributed by atoms with Gasteiger partial charge in [-0.3, -0.25) is 9.59 Å². The molecule has 3 heterocycles. The first kappa shape index (κ1) is 20.3. The summed E-state index contributed by atoms with van der Waals surface area (Å²) in [5, 5.41) is 13.5. The highest BCUT2D eigenvalue weighted by atomic mass is 16.2. The van der Waals surface area contributed by atoms with Gasteiger partial charge in [-0.2, -0.15) is 9.78 Å². The Labute approximate surface area is 175 Å². The zero-order valence-corrected chi connectivity index (χ0v) is 17.6. The molecule has 1 aliphatic rings. The summed E-state index contributed by atoms with van der Waals surface area (Å²) in [5.41, 5.74) is 1.68. The summed E-state index contributed by atoms with van der Waals surface area (Å²) in [7, 11) is 1.96. The molecule has 0 aliphatic carbocycles. The van der Waals surface area contributed by atoms with E-state index in [1.54, 1.807) is 6.33 Å². The van der Waals surface area contributed by atoms with Crippen LogP contribution in [0.25, 0.3) is 10.9 Å². The van der Waals surface area contributed by atoms with Gasteiger partial charge in [0.2, 0.25) is 11.8 Å². The average molecular weight is 409 g/mol. The lowest BCUT2D eigenvalue weighted by Gasteiger charge is -2.32. The second-order valence-corrected chi connectivity index (χ2v) is 8.15. The van der Waals surface area contributed by atoms with Gasteiger partial charge < -0.3 is 9.47 Å². The molecule has 158 valence electrons. The topological polar surface area (TPSA) is 85.9 Å². The molecule has 0 radical (unpaired) electrons. The first-order valence-electron chi connectivity index (χ1n) is 10.6. The van der Waals surface area contributed by atoms with E-state index >= 15 is 0 Å². The fourth-order valence-corrected chi connectivity index (χ4v) is 4.20.